The zero-order chi connectivity index (χ0) is 13.8. The minimum atomic E-state index is -0.345. The van der Waals surface area contributed by atoms with E-state index in [1.807, 2.05) is 6.92 Å². The maximum Gasteiger partial charge on any atom is 0.127 e. The summed E-state index contributed by atoms with van der Waals surface area (Å²) >= 11 is 3.27. The summed E-state index contributed by atoms with van der Waals surface area (Å²) in [6.07, 6.45) is 0. The van der Waals surface area contributed by atoms with Crippen LogP contribution in [0.1, 0.15) is 16.7 Å². The van der Waals surface area contributed by atoms with Crippen LogP contribution in [0.4, 0.5) is 8.78 Å². The third-order valence-electron chi connectivity index (χ3n) is 2.79. The maximum atomic E-state index is 13.3. The van der Waals surface area contributed by atoms with Crippen molar-refractivity contribution in [3.8, 4) is 5.75 Å². The van der Waals surface area contributed by atoms with Gasteiger partial charge in [-0.15, -0.1) is 0 Å². The van der Waals surface area contributed by atoms with Crippen molar-refractivity contribution in [2.75, 3.05) is 0 Å². The highest BCUT2D eigenvalue weighted by atomic mass is 79.9. The van der Waals surface area contributed by atoms with Gasteiger partial charge in [-0.25, -0.2) is 8.78 Å². The molecule has 1 nitrogen and oxygen atoms in total. The van der Waals surface area contributed by atoms with Crippen LogP contribution in [-0.4, -0.2) is 0 Å². The molecule has 0 bridgehead atoms. The molecule has 4 heteroatoms. The third kappa shape index (κ3) is 3.77. The van der Waals surface area contributed by atoms with Crippen LogP contribution < -0.4 is 4.74 Å². The molecule has 0 atom stereocenters. The molecule has 0 amide bonds. The highest BCUT2D eigenvalue weighted by Crippen LogP contribution is 2.20. The Kier molecular flexibility index (Phi) is 4.53. The molecule has 0 saturated heterocycles. The molecule has 0 fully saturated rings. The first-order chi connectivity index (χ1) is 9.08. The minimum Gasteiger partial charge on any atom is -0.489 e. The summed E-state index contributed by atoms with van der Waals surface area (Å²) in [5.74, 6) is -0.203. The van der Waals surface area contributed by atoms with Crippen LogP contribution in [0.25, 0.3) is 0 Å². The van der Waals surface area contributed by atoms with Gasteiger partial charge in [0.05, 0.1) is 0 Å². The van der Waals surface area contributed by atoms with Crippen LogP contribution in [0.15, 0.2) is 36.4 Å². The van der Waals surface area contributed by atoms with E-state index in [0.717, 1.165) is 16.7 Å². The lowest BCUT2D eigenvalue weighted by molar-refractivity contribution is 0.303. The molecular formula is C15H13BrF2O. The summed E-state index contributed by atoms with van der Waals surface area (Å²) in [4.78, 5) is 0. The first kappa shape index (κ1) is 14.0. The van der Waals surface area contributed by atoms with Gasteiger partial charge in [-0.1, -0.05) is 22.0 Å². The number of aryl methyl sites for hydroxylation is 1. The second-order valence-electron chi connectivity index (χ2n) is 4.29. The fourth-order valence-corrected chi connectivity index (χ4v) is 2.06. The van der Waals surface area contributed by atoms with E-state index in [1.54, 1.807) is 12.1 Å². The summed E-state index contributed by atoms with van der Waals surface area (Å²) in [7, 11) is 0. The Morgan fingerprint density at radius 2 is 1.84 bits per heavy atom. The van der Waals surface area contributed by atoms with Gasteiger partial charge in [0.15, 0.2) is 0 Å². The van der Waals surface area contributed by atoms with E-state index in [4.69, 9.17) is 4.74 Å². The molecule has 19 heavy (non-hydrogen) atoms. The van der Waals surface area contributed by atoms with Gasteiger partial charge in [0.2, 0.25) is 0 Å². The van der Waals surface area contributed by atoms with Gasteiger partial charge in [0, 0.05) is 11.4 Å². The lowest BCUT2D eigenvalue weighted by Crippen LogP contribution is -1.99. The van der Waals surface area contributed by atoms with Gasteiger partial charge >= 0.3 is 0 Å². The van der Waals surface area contributed by atoms with Crippen LogP contribution in [0.5, 0.6) is 5.75 Å². The molecule has 0 N–H and O–H groups in total. The molecule has 0 radical (unpaired) electrons. The van der Waals surface area contributed by atoms with Crippen molar-refractivity contribution in [2.45, 2.75) is 18.9 Å². The first-order valence-corrected chi connectivity index (χ1v) is 6.94. The molecule has 0 aliphatic heterocycles. The van der Waals surface area contributed by atoms with Crippen LogP contribution in [0.2, 0.25) is 0 Å². The van der Waals surface area contributed by atoms with Crippen molar-refractivity contribution in [1.82, 2.24) is 0 Å². The number of halogens is 3. The molecule has 2 rings (SSSR count). The largest absolute Gasteiger partial charge is 0.489 e. The monoisotopic (exact) mass is 326 g/mol. The fourth-order valence-electron chi connectivity index (χ4n) is 1.74. The van der Waals surface area contributed by atoms with Gasteiger partial charge in [0.1, 0.15) is 24.0 Å². The molecule has 2 aromatic rings. The molecule has 0 heterocycles. The molecule has 0 aliphatic carbocycles. The van der Waals surface area contributed by atoms with Crippen LogP contribution >= 0.6 is 15.9 Å². The Morgan fingerprint density at radius 1 is 1.05 bits per heavy atom. The Morgan fingerprint density at radius 3 is 2.58 bits per heavy atom. The zero-order valence-corrected chi connectivity index (χ0v) is 12.0. The second-order valence-corrected chi connectivity index (χ2v) is 4.85. The normalized spacial score (nSPS) is 10.5. The standard InChI is InChI=1S/C15H13BrF2O/c1-10-2-3-13(17)6-12(10)9-19-15-5-11(8-16)4-14(18)7-15/h2-7H,8-9H2,1H3. The molecule has 0 unspecified atom stereocenters. The van der Waals surface area contributed by atoms with Crippen LogP contribution in [-0.2, 0) is 11.9 Å². The van der Waals surface area contributed by atoms with Gasteiger partial charge in [0.25, 0.3) is 0 Å². The summed E-state index contributed by atoms with van der Waals surface area (Å²) < 4.78 is 32.0. The average molecular weight is 327 g/mol. The second kappa shape index (κ2) is 6.15. The number of hydrogen-bond acceptors (Lipinski definition) is 1. The highest BCUT2D eigenvalue weighted by molar-refractivity contribution is 9.08. The van der Waals surface area contributed by atoms with Gasteiger partial charge in [-0.3, -0.25) is 0 Å². The van der Waals surface area contributed by atoms with E-state index < -0.39 is 0 Å². The predicted molar refractivity (Wildman–Crippen MR) is 74.5 cm³/mol. The fraction of sp³-hybridized carbons (Fsp3) is 0.200. The van der Waals surface area contributed by atoms with E-state index in [9.17, 15) is 8.78 Å². The molecule has 2 aromatic carbocycles. The van der Waals surface area contributed by atoms with Crippen molar-refractivity contribution in [2.24, 2.45) is 0 Å². The Balaban J connectivity index is 2.14. The van der Waals surface area contributed by atoms with Gasteiger partial charge < -0.3 is 4.74 Å². The zero-order valence-electron chi connectivity index (χ0n) is 10.4. The summed E-state index contributed by atoms with van der Waals surface area (Å²) in [6, 6.07) is 9.05. The van der Waals surface area contributed by atoms with E-state index in [1.165, 1.54) is 24.3 Å². The van der Waals surface area contributed by atoms with E-state index in [0.29, 0.717) is 11.1 Å². The minimum absolute atomic E-state index is 0.217. The molecular weight excluding hydrogens is 314 g/mol. The first-order valence-electron chi connectivity index (χ1n) is 5.82. The SMILES string of the molecule is Cc1ccc(F)cc1COc1cc(F)cc(CBr)c1. The van der Waals surface area contributed by atoms with Crippen molar-refractivity contribution in [1.29, 1.82) is 0 Å². The smallest absolute Gasteiger partial charge is 0.127 e. The van der Waals surface area contributed by atoms with E-state index >= 15 is 0 Å². The lowest BCUT2D eigenvalue weighted by Gasteiger charge is -2.10. The highest BCUT2D eigenvalue weighted by Gasteiger charge is 2.04. The average Bonchev–Trinajstić information content (AvgIpc) is 2.39. The quantitative estimate of drug-likeness (QED) is 0.737. The number of ether oxygens (including phenoxy) is 1. The van der Waals surface area contributed by atoms with Crippen molar-refractivity contribution < 1.29 is 13.5 Å². The Bertz CT molecular complexity index is 584. The van der Waals surface area contributed by atoms with Crippen molar-refractivity contribution >= 4 is 15.9 Å². The predicted octanol–water partition coefficient (Wildman–Crippen LogP) is 4.75. The Labute approximate surface area is 119 Å². The number of rotatable bonds is 4. The number of alkyl halides is 1. The number of benzene rings is 2. The number of hydrogen-bond donors (Lipinski definition) is 0. The van der Waals surface area contributed by atoms with E-state index in [-0.39, 0.29) is 18.2 Å². The molecule has 100 valence electrons. The third-order valence-corrected chi connectivity index (χ3v) is 3.44. The molecule has 0 spiro atoms. The molecule has 0 aromatic heterocycles. The van der Waals surface area contributed by atoms with Gasteiger partial charge in [-0.2, -0.15) is 0 Å². The van der Waals surface area contributed by atoms with Crippen LogP contribution in [0, 0.1) is 18.6 Å². The van der Waals surface area contributed by atoms with Crippen LogP contribution in [0.3, 0.4) is 0 Å². The lowest BCUT2D eigenvalue weighted by atomic mass is 10.1. The molecule has 0 aliphatic rings. The topological polar surface area (TPSA) is 9.23 Å². The summed E-state index contributed by atoms with van der Waals surface area (Å²) in [6.45, 7) is 2.10. The van der Waals surface area contributed by atoms with Crippen molar-refractivity contribution in [3.05, 3.63) is 64.7 Å². The molecule has 0 saturated carbocycles. The van der Waals surface area contributed by atoms with Gasteiger partial charge in [-0.05, 0) is 47.9 Å². The van der Waals surface area contributed by atoms with E-state index in [2.05, 4.69) is 15.9 Å². The maximum absolute atomic E-state index is 13.3. The van der Waals surface area contributed by atoms with Crippen molar-refractivity contribution in [3.63, 3.8) is 0 Å². The Hall–Kier alpha value is -1.42. The summed E-state index contributed by atoms with van der Waals surface area (Å²) in [5, 5.41) is 0.556. The summed E-state index contributed by atoms with van der Waals surface area (Å²) in [5.41, 5.74) is 2.49.